The molecule has 0 bridgehead atoms. The van der Waals surface area contributed by atoms with Gasteiger partial charge in [0.1, 0.15) is 0 Å². The number of halogens is 1. The summed E-state index contributed by atoms with van der Waals surface area (Å²) in [6, 6.07) is 20.2. The first-order valence-electron chi connectivity index (χ1n) is 10.0. The van der Waals surface area contributed by atoms with Gasteiger partial charge in [0.05, 0.1) is 11.1 Å². The molecule has 0 saturated heterocycles. The summed E-state index contributed by atoms with van der Waals surface area (Å²) in [5, 5.41) is 1.30. The smallest absolute Gasteiger partial charge is 0.262 e. The number of ketones is 1. The van der Waals surface area contributed by atoms with Crippen LogP contribution in [0.25, 0.3) is 28.1 Å². The van der Waals surface area contributed by atoms with Gasteiger partial charge in [-0.3, -0.25) is 9.59 Å². The second-order valence-electron chi connectivity index (χ2n) is 7.45. The summed E-state index contributed by atoms with van der Waals surface area (Å²) in [5.41, 5.74) is 2.56. The Morgan fingerprint density at radius 2 is 1.78 bits per heavy atom. The highest BCUT2D eigenvalue weighted by Gasteiger charge is 2.21. The predicted molar refractivity (Wildman–Crippen MR) is 126 cm³/mol. The molecular formula is C26H18ClNO4. The van der Waals surface area contributed by atoms with Crippen molar-refractivity contribution in [3.05, 3.63) is 99.3 Å². The van der Waals surface area contributed by atoms with Gasteiger partial charge in [-0.2, -0.15) is 0 Å². The van der Waals surface area contributed by atoms with Crippen molar-refractivity contribution >= 4 is 34.4 Å². The molecule has 0 radical (unpaired) electrons. The van der Waals surface area contributed by atoms with Crippen molar-refractivity contribution in [1.82, 2.24) is 4.57 Å². The van der Waals surface area contributed by atoms with Crippen molar-refractivity contribution in [2.24, 2.45) is 7.05 Å². The fraction of sp³-hybridized carbons (Fsp3) is 0.0769. The monoisotopic (exact) mass is 443 g/mol. The van der Waals surface area contributed by atoms with Gasteiger partial charge >= 0.3 is 0 Å². The van der Waals surface area contributed by atoms with Crippen molar-refractivity contribution in [3.8, 4) is 22.6 Å². The summed E-state index contributed by atoms with van der Waals surface area (Å²) in [7, 11) is 1.65. The quantitative estimate of drug-likeness (QED) is 0.309. The zero-order valence-electron chi connectivity index (χ0n) is 17.2. The molecular weight excluding hydrogens is 426 g/mol. The van der Waals surface area contributed by atoms with Crippen LogP contribution in [0.15, 0.2) is 77.6 Å². The average Bonchev–Trinajstić information content (AvgIpc) is 3.28. The third-order valence-corrected chi connectivity index (χ3v) is 5.73. The average molecular weight is 444 g/mol. The molecule has 1 aliphatic heterocycles. The Labute approximate surface area is 189 Å². The number of allylic oxidation sites excluding steroid dienone is 1. The van der Waals surface area contributed by atoms with Crippen molar-refractivity contribution < 1.29 is 14.3 Å². The maximum Gasteiger partial charge on any atom is 0.262 e. The summed E-state index contributed by atoms with van der Waals surface area (Å²) in [6.45, 7) is 0.180. The third-order valence-electron chi connectivity index (χ3n) is 5.49. The van der Waals surface area contributed by atoms with E-state index >= 15 is 0 Å². The maximum absolute atomic E-state index is 13.3. The van der Waals surface area contributed by atoms with Gasteiger partial charge in [0.15, 0.2) is 17.3 Å². The molecule has 5 nitrogen and oxygen atoms in total. The lowest BCUT2D eigenvalue weighted by Gasteiger charge is -2.15. The van der Waals surface area contributed by atoms with Gasteiger partial charge < -0.3 is 14.0 Å². The lowest BCUT2D eigenvalue weighted by molar-refractivity contribution is 0.104. The second-order valence-corrected chi connectivity index (χ2v) is 7.89. The Kier molecular flexibility index (Phi) is 5.04. The van der Waals surface area contributed by atoms with Crippen LogP contribution in [0.5, 0.6) is 11.5 Å². The highest BCUT2D eigenvalue weighted by atomic mass is 35.5. The summed E-state index contributed by atoms with van der Waals surface area (Å²) < 4.78 is 12.2. The molecule has 0 aliphatic carbocycles. The Balaban J connectivity index is 1.67. The molecule has 2 heterocycles. The molecule has 0 saturated carbocycles. The number of aromatic nitrogens is 1. The molecule has 158 valence electrons. The number of aryl methyl sites for hydroxylation is 1. The number of pyridine rings is 1. The molecule has 1 aromatic heterocycles. The molecule has 6 heteroatoms. The van der Waals surface area contributed by atoms with E-state index in [2.05, 4.69) is 0 Å². The van der Waals surface area contributed by atoms with Gasteiger partial charge in [-0.15, -0.1) is 0 Å². The van der Waals surface area contributed by atoms with Crippen molar-refractivity contribution in [3.63, 3.8) is 0 Å². The minimum atomic E-state index is -0.376. The third kappa shape index (κ3) is 3.47. The minimum Gasteiger partial charge on any atom is -0.454 e. The van der Waals surface area contributed by atoms with Crippen LogP contribution in [0.2, 0.25) is 5.02 Å². The lowest BCUT2D eigenvalue weighted by Crippen LogP contribution is -2.25. The zero-order chi connectivity index (χ0) is 22.2. The highest BCUT2D eigenvalue weighted by molar-refractivity contribution is 6.31. The first-order chi connectivity index (χ1) is 15.5. The van der Waals surface area contributed by atoms with Gasteiger partial charge in [0.2, 0.25) is 6.79 Å². The highest BCUT2D eigenvalue weighted by Crippen LogP contribution is 2.34. The van der Waals surface area contributed by atoms with Crippen molar-refractivity contribution in [2.45, 2.75) is 0 Å². The Bertz CT molecular complexity index is 1450. The van der Waals surface area contributed by atoms with E-state index in [4.69, 9.17) is 21.1 Å². The molecule has 32 heavy (non-hydrogen) atoms. The van der Waals surface area contributed by atoms with Crippen LogP contribution in [0.1, 0.15) is 15.9 Å². The first-order valence-corrected chi connectivity index (χ1v) is 10.4. The predicted octanol–water partition coefficient (Wildman–Crippen LogP) is 5.48. The van der Waals surface area contributed by atoms with Crippen molar-refractivity contribution in [2.75, 3.05) is 6.79 Å². The summed E-state index contributed by atoms with van der Waals surface area (Å²) in [6.07, 6.45) is 3.09. The largest absolute Gasteiger partial charge is 0.454 e. The SMILES string of the molecule is Cn1c(=O)c(C(=O)/C=C\c2ccc3c(c2)OCO3)c(-c2ccccc2)c2ccc(Cl)cc21. The van der Waals surface area contributed by atoms with Gasteiger partial charge in [-0.1, -0.05) is 60.1 Å². The molecule has 0 N–H and O–H groups in total. The Morgan fingerprint density at radius 1 is 1.00 bits per heavy atom. The first kappa shape index (κ1) is 20.1. The number of carbonyl (C=O) groups excluding carboxylic acids is 1. The van der Waals surface area contributed by atoms with Crippen LogP contribution in [0, 0.1) is 0 Å². The molecule has 0 amide bonds. The maximum atomic E-state index is 13.3. The summed E-state index contributed by atoms with van der Waals surface area (Å²) in [4.78, 5) is 26.7. The van der Waals surface area contributed by atoms with E-state index < -0.39 is 0 Å². The van der Waals surface area contributed by atoms with Gasteiger partial charge in [-0.25, -0.2) is 0 Å². The van der Waals surface area contributed by atoms with E-state index in [1.54, 1.807) is 37.4 Å². The number of nitrogens with zero attached hydrogens (tertiary/aromatic N) is 1. The summed E-state index contributed by atoms with van der Waals surface area (Å²) in [5.74, 6) is 0.920. The Morgan fingerprint density at radius 3 is 2.59 bits per heavy atom. The number of hydrogen-bond donors (Lipinski definition) is 0. The van der Waals surface area contributed by atoms with Gasteiger partial charge in [0, 0.05) is 23.0 Å². The molecule has 0 unspecified atom stereocenters. The van der Waals surface area contributed by atoms with E-state index in [0.717, 1.165) is 16.5 Å². The Hall–Kier alpha value is -3.83. The van der Waals surface area contributed by atoms with Crippen LogP contribution in [0.4, 0.5) is 0 Å². The fourth-order valence-corrected chi connectivity index (χ4v) is 4.08. The zero-order valence-corrected chi connectivity index (χ0v) is 17.9. The van der Waals surface area contributed by atoms with E-state index in [9.17, 15) is 9.59 Å². The fourth-order valence-electron chi connectivity index (χ4n) is 3.92. The van der Waals surface area contributed by atoms with E-state index in [1.807, 2.05) is 42.5 Å². The molecule has 0 atom stereocenters. The van der Waals surface area contributed by atoms with E-state index in [1.165, 1.54) is 10.6 Å². The minimum absolute atomic E-state index is 0.116. The normalized spacial score (nSPS) is 12.6. The molecule has 0 fully saturated rings. The van der Waals surface area contributed by atoms with E-state index in [0.29, 0.717) is 27.6 Å². The lowest BCUT2D eigenvalue weighted by atomic mass is 9.93. The second kappa shape index (κ2) is 8.02. The number of ether oxygens (including phenoxy) is 2. The molecule has 1 aliphatic rings. The van der Waals surface area contributed by atoms with Crippen molar-refractivity contribution in [1.29, 1.82) is 0 Å². The number of fused-ring (bicyclic) bond motifs is 2. The van der Waals surface area contributed by atoms with Crippen LogP contribution >= 0.6 is 11.6 Å². The number of benzene rings is 3. The van der Waals surface area contributed by atoms with Gasteiger partial charge in [-0.05, 0) is 41.5 Å². The molecule has 4 aromatic rings. The number of rotatable bonds is 4. The molecule has 3 aromatic carbocycles. The number of hydrogen-bond acceptors (Lipinski definition) is 4. The summed E-state index contributed by atoms with van der Waals surface area (Å²) >= 11 is 6.19. The van der Waals surface area contributed by atoms with Crippen LogP contribution in [-0.4, -0.2) is 17.1 Å². The van der Waals surface area contributed by atoms with Crippen LogP contribution < -0.4 is 15.0 Å². The standard InChI is InChI=1S/C26H18ClNO4/c1-28-20-14-18(27)9-10-19(20)24(17-5-3-2-4-6-17)25(26(28)30)21(29)11-7-16-8-12-22-23(13-16)32-15-31-22/h2-14H,15H2,1H3/b11-7-. The van der Waals surface area contributed by atoms with E-state index in [-0.39, 0.29) is 23.7 Å². The molecule has 0 spiro atoms. The number of carbonyl (C=O) groups is 1. The van der Waals surface area contributed by atoms with Gasteiger partial charge in [0.25, 0.3) is 5.56 Å². The van der Waals surface area contributed by atoms with Crippen LogP contribution in [-0.2, 0) is 7.05 Å². The van der Waals surface area contributed by atoms with Crippen LogP contribution in [0.3, 0.4) is 0 Å². The topological polar surface area (TPSA) is 57.5 Å². The molecule has 5 rings (SSSR count).